The average molecular weight is 338 g/mol. The molecule has 25 heavy (non-hydrogen) atoms. The molecule has 5 rings (SSSR count). The van der Waals surface area contributed by atoms with Gasteiger partial charge in [-0.3, -0.25) is 14.7 Å². The van der Waals surface area contributed by atoms with Crippen LogP contribution in [0.2, 0.25) is 0 Å². The van der Waals surface area contributed by atoms with Crippen LogP contribution in [-0.4, -0.2) is 57.2 Å². The van der Waals surface area contributed by atoms with Crippen LogP contribution in [0.15, 0.2) is 34.1 Å². The van der Waals surface area contributed by atoms with Gasteiger partial charge in [0.25, 0.3) is 0 Å². The molecule has 0 spiro atoms. The van der Waals surface area contributed by atoms with Crippen LogP contribution in [0.3, 0.4) is 0 Å². The summed E-state index contributed by atoms with van der Waals surface area (Å²) in [5.74, 6) is 1.36. The number of carbonyl (C=O) groups excluding carboxylic acids is 1. The number of rotatable bonds is 2. The zero-order valence-corrected chi connectivity index (χ0v) is 13.8. The topological polar surface area (TPSA) is 75.7 Å². The van der Waals surface area contributed by atoms with Gasteiger partial charge in [-0.05, 0) is 25.0 Å². The Kier molecular flexibility index (Phi) is 3.06. The van der Waals surface area contributed by atoms with Gasteiger partial charge in [-0.1, -0.05) is 12.1 Å². The molecule has 0 atom stereocenters. The number of fused-ring (bicyclic) bond motifs is 6. The number of amides is 1. The summed E-state index contributed by atoms with van der Waals surface area (Å²) in [6.07, 6.45) is 2.06. The maximum atomic E-state index is 12.9. The second kappa shape index (κ2) is 5.30. The fraction of sp³-hybridized carbons (Fsp3) is 0.412. The van der Waals surface area contributed by atoms with Gasteiger partial charge in [0, 0.05) is 25.2 Å². The lowest BCUT2D eigenvalue weighted by molar-refractivity contribution is -0.131. The summed E-state index contributed by atoms with van der Waals surface area (Å²) in [4.78, 5) is 33.7. The largest absolute Gasteiger partial charge is 0.352 e. The molecule has 0 unspecified atom stereocenters. The van der Waals surface area contributed by atoms with E-state index in [0.29, 0.717) is 19.0 Å². The van der Waals surface area contributed by atoms with E-state index in [1.54, 1.807) is 4.57 Å². The zero-order valence-electron chi connectivity index (χ0n) is 13.8. The minimum absolute atomic E-state index is 0.0126. The Morgan fingerprint density at radius 2 is 1.92 bits per heavy atom. The van der Waals surface area contributed by atoms with Gasteiger partial charge >= 0.3 is 5.69 Å². The number of anilines is 1. The third-order valence-electron chi connectivity index (χ3n) is 5.03. The van der Waals surface area contributed by atoms with Crippen LogP contribution < -0.4 is 10.6 Å². The molecule has 128 valence electrons. The van der Waals surface area contributed by atoms with E-state index in [9.17, 15) is 9.59 Å². The number of hydrogen-bond acceptors (Lipinski definition) is 5. The zero-order chi connectivity index (χ0) is 17.0. The van der Waals surface area contributed by atoms with Crippen LogP contribution >= 0.6 is 0 Å². The van der Waals surface area contributed by atoms with Crippen molar-refractivity contribution in [2.75, 3.05) is 31.1 Å². The molecule has 0 radical (unpaired) electrons. The lowest BCUT2D eigenvalue weighted by atomic mass is 10.1. The summed E-state index contributed by atoms with van der Waals surface area (Å²) in [6, 6.07) is 7.70. The van der Waals surface area contributed by atoms with Crippen LogP contribution in [0.5, 0.6) is 0 Å². The van der Waals surface area contributed by atoms with Crippen molar-refractivity contribution in [3.8, 4) is 5.69 Å². The van der Waals surface area contributed by atoms with Crippen LogP contribution in [0.25, 0.3) is 5.69 Å². The first-order chi connectivity index (χ1) is 12.2. The lowest BCUT2D eigenvalue weighted by Crippen LogP contribution is -2.38. The van der Waals surface area contributed by atoms with Crippen molar-refractivity contribution in [2.45, 2.75) is 19.4 Å². The second-order valence-electron chi connectivity index (χ2n) is 6.54. The molecule has 0 saturated carbocycles. The van der Waals surface area contributed by atoms with Gasteiger partial charge in [0.15, 0.2) is 0 Å². The molecule has 8 heteroatoms. The molecule has 4 heterocycles. The monoisotopic (exact) mass is 338 g/mol. The van der Waals surface area contributed by atoms with E-state index in [1.807, 2.05) is 34.1 Å². The third kappa shape index (κ3) is 2.06. The SMILES string of the molecule is O=C(Cn1nc2n(c1=O)-c1ccccc1C1=NCCN12)N1CCCC1. The summed E-state index contributed by atoms with van der Waals surface area (Å²) >= 11 is 0. The molecule has 2 aromatic rings. The lowest BCUT2D eigenvalue weighted by Gasteiger charge is -2.26. The fourth-order valence-electron chi connectivity index (χ4n) is 3.81. The van der Waals surface area contributed by atoms with Crippen molar-refractivity contribution in [3.63, 3.8) is 0 Å². The molecular formula is C17H18N6O2. The summed E-state index contributed by atoms with van der Waals surface area (Å²) in [5, 5.41) is 4.47. The third-order valence-corrected chi connectivity index (χ3v) is 5.03. The van der Waals surface area contributed by atoms with Crippen LogP contribution in [0.4, 0.5) is 5.95 Å². The number of aliphatic imine (C=N–C) groups is 1. The Morgan fingerprint density at radius 3 is 2.76 bits per heavy atom. The van der Waals surface area contributed by atoms with Gasteiger partial charge in [0.1, 0.15) is 12.4 Å². The number of benzene rings is 1. The number of aromatic nitrogens is 3. The first kappa shape index (κ1) is 14.4. The maximum Gasteiger partial charge on any atom is 0.352 e. The van der Waals surface area contributed by atoms with Gasteiger partial charge in [-0.2, -0.15) is 0 Å². The van der Waals surface area contributed by atoms with Gasteiger partial charge < -0.3 is 4.90 Å². The van der Waals surface area contributed by atoms with E-state index in [-0.39, 0.29) is 18.1 Å². The molecular weight excluding hydrogens is 320 g/mol. The maximum absolute atomic E-state index is 12.9. The van der Waals surface area contributed by atoms with Gasteiger partial charge in [0.2, 0.25) is 11.9 Å². The summed E-state index contributed by atoms with van der Waals surface area (Å²) < 4.78 is 2.88. The van der Waals surface area contributed by atoms with Crippen molar-refractivity contribution in [1.29, 1.82) is 0 Å². The Morgan fingerprint density at radius 1 is 1.12 bits per heavy atom. The van der Waals surface area contributed by atoms with Crippen molar-refractivity contribution < 1.29 is 4.79 Å². The molecule has 1 saturated heterocycles. The van der Waals surface area contributed by atoms with Crippen molar-refractivity contribution >= 4 is 17.7 Å². The molecule has 8 nitrogen and oxygen atoms in total. The first-order valence-electron chi connectivity index (χ1n) is 8.63. The van der Waals surface area contributed by atoms with Gasteiger partial charge in [-0.25, -0.2) is 14.0 Å². The highest BCUT2D eigenvalue weighted by atomic mass is 16.2. The van der Waals surface area contributed by atoms with E-state index in [0.717, 1.165) is 43.0 Å². The smallest absolute Gasteiger partial charge is 0.341 e. The second-order valence-corrected chi connectivity index (χ2v) is 6.54. The normalized spacial score (nSPS) is 18.0. The number of nitrogens with zero attached hydrogens (tertiary/aromatic N) is 6. The quantitative estimate of drug-likeness (QED) is 0.786. The average Bonchev–Trinajstić information content (AvgIpc) is 3.35. The van der Waals surface area contributed by atoms with Crippen LogP contribution in [-0.2, 0) is 11.3 Å². The van der Waals surface area contributed by atoms with Crippen LogP contribution in [0.1, 0.15) is 18.4 Å². The molecule has 3 aliphatic heterocycles. The molecule has 1 aromatic heterocycles. The molecule has 1 fully saturated rings. The fourth-order valence-corrected chi connectivity index (χ4v) is 3.81. The number of likely N-dealkylation sites (tertiary alicyclic amines) is 1. The molecule has 1 aromatic carbocycles. The Bertz CT molecular complexity index is 950. The minimum Gasteiger partial charge on any atom is -0.341 e. The molecule has 0 aliphatic carbocycles. The molecule has 0 N–H and O–H groups in total. The van der Waals surface area contributed by atoms with E-state index < -0.39 is 0 Å². The van der Waals surface area contributed by atoms with Crippen LogP contribution in [0, 0.1) is 0 Å². The van der Waals surface area contributed by atoms with E-state index in [2.05, 4.69) is 10.1 Å². The number of hydrogen-bond donors (Lipinski definition) is 0. The van der Waals surface area contributed by atoms with Crippen molar-refractivity contribution in [2.24, 2.45) is 4.99 Å². The molecule has 0 bridgehead atoms. The minimum atomic E-state index is -0.277. The van der Waals surface area contributed by atoms with E-state index in [1.165, 1.54) is 4.68 Å². The standard InChI is InChI=1S/C17H18N6O2/c24-14(20-8-3-4-9-20)11-22-17(25)23-13-6-2-1-5-12(13)15-18-7-10-21(15)16(23)19-22/h1-2,5-6H,3-4,7-11H2. The predicted molar refractivity (Wildman–Crippen MR) is 92.4 cm³/mol. The Labute approximate surface area is 144 Å². The number of para-hydroxylation sites is 1. The Hall–Kier alpha value is -2.90. The molecule has 1 amide bonds. The number of amidine groups is 1. The summed E-state index contributed by atoms with van der Waals surface area (Å²) in [5.41, 5.74) is 1.43. The predicted octanol–water partition coefficient (Wildman–Crippen LogP) is 0.237. The van der Waals surface area contributed by atoms with Crippen molar-refractivity contribution in [1.82, 2.24) is 19.2 Å². The first-order valence-corrected chi connectivity index (χ1v) is 8.63. The highest BCUT2D eigenvalue weighted by Gasteiger charge is 2.34. The highest BCUT2D eigenvalue weighted by Crippen LogP contribution is 2.29. The Balaban J connectivity index is 1.59. The van der Waals surface area contributed by atoms with Crippen molar-refractivity contribution in [3.05, 3.63) is 40.3 Å². The van der Waals surface area contributed by atoms with E-state index >= 15 is 0 Å². The summed E-state index contributed by atoms with van der Waals surface area (Å²) in [6.45, 7) is 2.90. The highest BCUT2D eigenvalue weighted by molar-refractivity contribution is 6.14. The summed E-state index contributed by atoms with van der Waals surface area (Å²) in [7, 11) is 0. The van der Waals surface area contributed by atoms with E-state index in [4.69, 9.17) is 0 Å². The molecule has 3 aliphatic rings. The number of carbonyl (C=O) groups is 1. The van der Waals surface area contributed by atoms with Gasteiger partial charge in [-0.15, -0.1) is 5.10 Å². The van der Waals surface area contributed by atoms with Gasteiger partial charge in [0.05, 0.1) is 12.2 Å².